The molecule has 0 spiro atoms. The maximum Gasteiger partial charge on any atom is 0.142 e. The Morgan fingerprint density at radius 3 is 2.67 bits per heavy atom. The maximum absolute atomic E-state index is 8.71. The fourth-order valence-electron chi connectivity index (χ4n) is 1.61. The number of nitrogens with one attached hydrogen (secondary N) is 1. The predicted molar refractivity (Wildman–Crippen MR) is 62.7 cm³/mol. The zero-order valence-corrected chi connectivity index (χ0v) is 9.63. The van der Waals surface area contributed by atoms with Gasteiger partial charge in [0.2, 0.25) is 0 Å². The number of aryl methyl sites for hydroxylation is 2. The highest BCUT2D eigenvalue weighted by Crippen LogP contribution is 2.29. The predicted octanol–water partition coefficient (Wildman–Crippen LogP) is 2.11. The molecular formula is C12H19NO2. The van der Waals surface area contributed by atoms with E-state index in [0.29, 0.717) is 0 Å². The van der Waals surface area contributed by atoms with Gasteiger partial charge in [0.05, 0.1) is 12.8 Å². The summed E-state index contributed by atoms with van der Waals surface area (Å²) in [6.07, 6.45) is 0.746. The van der Waals surface area contributed by atoms with Crippen molar-refractivity contribution < 1.29 is 9.84 Å². The topological polar surface area (TPSA) is 41.5 Å². The van der Waals surface area contributed by atoms with Crippen LogP contribution in [0.5, 0.6) is 5.75 Å². The molecule has 0 radical (unpaired) electrons. The number of hydrogen-bond donors (Lipinski definition) is 2. The van der Waals surface area contributed by atoms with Crippen LogP contribution in [0.1, 0.15) is 17.5 Å². The molecule has 0 saturated carbocycles. The van der Waals surface area contributed by atoms with Gasteiger partial charge < -0.3 is 15.2 Å². The van der Waals surface area contributed by atoms with Crippen LogP contribution < -0.4 is 10.1 Å². The Balaban J connectivity index is 2.84. The highest BCUT2D eigenvalue weighted by Gasteiger charge is 2.06. The molecule has 0 aromatic heterocycles. The minimum atomic E-state index is 0.209. The first-order chi connectivity index (χ1) is 7.19. The molecule has 0 atom stereocenters. The number of hydrogen-bond acceptors (Lipinski definition) is 3. The van der Waals surface area contributed by atoms with Crippen molar-refractivity contribution in [2.24, 2.45) is 0 Å². The molecule has 15 heavy (non-hydrogen) atoms. The summed E-state index contributed by atoms with van der Waals surface area (Å²) in [5, 5.41) is 12.0. The Bertz CT molecular complexity index is 324. The normalized spacial score (nSPS) is 10.1. The molecular weight excluding hydrogens is 190 g/mol. The first-order valence-electron chi connectivity index (χ1n) is 5.19. The average Bonchev–Trinajstić information content (AvgIpc) is 2.20. The molecule has 0 aliphatic carbocycles. The van der Waals surface area contributed by atoms with Crippen molar-refractivity contribution >= 4 is 5.69 Å². The second-order valence-electron chi connectivity index (χ2n) is 3.66. The first kappa shape index (κ1) is 11.9. The minimum absolute atomic E-state index is 0.209. The Morgan fingerprint density at radius 1 is 1.33 bits per heavy atom. The highest BCUT2D eigenvalue weighted by molar-refractivity contribution is 5.63. The van der Waals surface area contributed by atoms with Crippen LogP contribution in [0.3, 0.4) is 0 Å². The van der Waals surface area contributed by atoms with E-state index < -0.39 is 0 Å². The summed E-state index contributed by atoms with van der Waals surface area (Å²) in [4.78, 5) is 0. The number of aliphatic hydroxyl groups is 1. The second kappa shape index (κ2) is 5.61. The third kappa shape index (κ3) is 3.13. The van der Waals surface area contributed by atoms with Crippen LogP contribution >= 0.6 is 0 Å². The fourth-order valence-corrected chi connectivity index (χ4v) is 1.61. The third-order valence-corrected chi connectivity index (χ3v) is 2.30. The lowest BCUT2D eigenvalue weighted by atomic mass is 10.1. The van der Waals surface area contributed by atoms with Crippen molar-refractivity contribution in [1.82, 2.24) is 0 Å². The number of aliphatic hydroxyl groups excluding tert-OH is 1. The summed E-state index contributed by atoms with van der Waals surface area (Å²) < 4.78 is 5.31. The van der Waals surface area contributed by atoms with Crippen molar-refractivity contribution in [3.63, 3.8) is 0 Å². The lowest BCUT2D eigenvalue weighted by molar-refractivity contribution is 0.292. The second-order valence-corrected chi connectivity index (χ2v) is 3.66. The van der Waals surface area contributed by atoms with Gasteiger partial charge in [-0.15, -0.1) is 0 Å². The quantitative estimate of drug-likeness (QED) is 0.730. The summed E-state index contributed by atoms with van der Waals surface area (Å²) in [5.74, 6) is 0.866. The molecule has 2 N–H and O–H groups in total. The van der Waals surface area contributed by atoms with E-state index in [9.17, 15) is 0 Å². The molecule has 0 bridgehead atoms. The summed E-state index contributed by atoms with van der Waals surface area (Å²) in [6.45, 7) is 5.07. The number of methoxy groups -OCH3 is 1. The van der Waals surface area contributed by atoms with Gasteiger partial charge in [0.15, 0.2) is 0 Å². The molecule has 84 valence electrons. The van der Waals surface area contributed by atoms with Gasteiger partial charge in [0.25, 0.3) is 0 Å². The average molecular weight is 209 g/mol. The van der Waals surface area contributed by atoms with Gasteiger partial charge in [-0.25, -0.2) is 0 Å². The molecule has 1 aromatic carbocycles. The highest BCUT2D eigenvalue weighted by atomic mass is 16.5. The molecule has 3 nitrogen and oxygen atoms in total. The molecule has 0 amide bonds. The standard InChI is InChI=1S/C12H19NO2/c1-9-7-10(2)12(11(8-9)15-3)13-5-4-6-14/h7-8,13-14H,4-6H2,1-3H3. The lowest BCUT2D eigenvalue weighted by Gasteiger charge is -2.14. The molecule has 0 unspecified atom stereocenters. The summed E-state index contributed by atoms with van der Waals surface area (Å²) in [5.41, 5.74) is 3.39. The van der Waals surface area contributed by atoms with E-state index in [1.54, 1.807) is 7.11 Å². The van der Waals surface area contributed by atoms with Gasteiger partial charge in [0.1, 0.15) is 5.75 Å². The van der Waals surface area contributed by atoms with E-state index in [2.05, 4.69) is 18.3 Å². The third-order valence-electron chi connectivity index (χ3n) is 2.30. The van der Waals surface area contributed by atoms with Crippen LogP contribution in [0.15, 0.2) is 12.1 Å². The summed E-state index contributed by atoms with van der Waals surface area (Å²) >= 11 is 0. The Hall–Kier alpha value is -1.22. The number of benzene rings is 1. The minimum Gasteiger partial charge on any atom is -0.495 e. The van der Waals surface area contributed by atoms with Gasteiger partial charge in [-0.2, -0.15) is 0 Å². The van der Waals surface area contributed by atoms with Crippen LogP contribution in [-0.2, 0) is 0 Å². The van der Waals surface area contributed by atoms with E-state index >= 15 is 0 Å². The van der Waals surface area contributed by atoms with Crippen LogP contribution in [-0.4, -0.2) is 25.4 Å². The SMILES string of the molecule is COc1cc(C)cc(C)c1NCCCO. The van der Waals surface area contributed by atoms with Crippen molar-refractivity contribution in [1.29, 1.82) is 0 Å². The van der Waals surface area contributed by atoms with Crippen molar-refractivity contribution in [2.45, 2.75) is 20.3 Å². The van der Waals surface area contributed by atoms with Crippen molar-refractivity contribution in [3.8, 4) is 5.75 Å². The molecule has 0 heterocycles. The Labute approximate surface area is 91.1 Å². The molecule has 0 saturated heterocycles. The van der Waals surface area contributed by atoms with Gasteiger partial charge in [-0.1, -0.05) is 6.07 Å². The summed E-state index contributed by atoms with van der Waals surface area (Å²) in [7, 11) is 1.67. The van der Waals surface area contributed by atoms with Gasteiger partial charge in [-0.05, 0) is 37.5 Å². The molecule has 0 aliphatic rings. The zero-order chi connectivity index (χ0) is 11.3. The van der Waals surface area contributed by atoms with E-state index in [-0.39, 0.29) is 6.61 Å². The molecule has 1 rings (SSSR count). The monoisotopic (exact) mass is 209 g/mol. The molecule has 0 aliphatic heterocycles. The largest absolute Gasteiger partial charge is 0.495 e. The lowest BCUT2D eigenvalue weighted by Crippen LogP contribution is -2.06. The smallest absolute Gasteiger partial charge is 0.142 e. The van der Waals surface area contributed by atoms with Crippen LogP contribution in [0.25, 0.3) is 0 Å². The summed E-state index contributed by atoms with van der Waals surface area (Å²) in [6, 6.07) is 4.12. The van der Waals surface area contributed by atoms with Crippen molar-refractivity contribution in [2.75, 3.05) is 25.6 Å². The number of ether oxygens (including phenoxy) is 1. The van der Waals surface area contributed by atoms with Gasteiger partial charge in [-0.3, -0.25) is 0 Å². The van der Waals surface area contributed by atoms with Gasteiger partial charge in [0, 0.05) is 13.2 Å². The Morgan fingerprint density at radius 2 is 2.07 bits per heavy atom. The van der Waals surface area contributed by atoms with Crippen LogP contribution in [0, 0.1) is 13.8 Å². The number of rotatable bonds is 5. The number of anilines is 1. The van der Waals surface area contributed by atoms with E-state index in [1.807, 2.05) is 13.0 Å². The van der Waals surface area contributed by atoms with Gasteiger partial charge >= 0.3 is 0 Å². The van der Waals surface area contributed by atoms with E-state index in [1.165, 1.54) is 11.1 Å². The molecule has 0 fully saturated rings. The van der Waals surface area contributed by atoms with Crippen molar-refractivity contribution in [3.05, 3.63) is 23.3 Å². The van der Waals surface area contributed by atoms with Crippen LogP contribution in [0.4, 0.5) is 5.69 Å². The molecule has 1 aromatic rings. The van der Waals surface area contributed by atoms with Crippen LogP contribution in [0.2, 0.25) is 0 Å². The zero-order valence-electron chi connectivity index (χ0n) is 9.63. The van der Waals surface area contributed by atoms with E-state index in [4.69, 9.17) is 9.84 Å². The first-order valence-corrected chi connectivity index (χ1v) is 5.19. The van der Waals surface area contributed by atoms with E-state index in [0.717, 1.165) is 24.4 Å². The Kier molecular flexibility index (Phi) is 4.43. The maximum atomic E-state index is 8.71. The fraction of sp³-hybridized carbons (Fsp3) is 0.500. The molecule has 3 heteroatoms.